The molecule has 0 aliphatic carbocycles. The van der Waals surface area contributed by atoms with Gasteiger partial charge >= 0.3 is 0 Å². The predicted molar refractivity (Wildman–Crippen MR) is 142 cm³/mol. The molecule has 2 aliphatic heterocycles. The number of ether oxygens (including phenoxy) is 1. The zero-order valence-electron chi connectivity index (χ0n) is 22.0. The molecule has 1 N–H and O–H groups in total. The summed E-state index contributed by atoms with van der Waals surface area (Å²) in [5.74, 6) is -1.74. The monoisotopic (exact) mass is 505 g/mol. The average Bonchev–Trinajstić information content (AvgIpc) is 3.26. The minimum Gasteiger partial charge on any atom is -0.507 e. The quantitative estimate of drug-likeness (QED) is 0.300. The van der Waals surface area contributed by atoms with Crippen molar-refractivity contribution in [2.24, 2.45) is 0 Å². The van der Waals surface area contributed by atoms with Crippen molar-refractivity contribution in [2.45, 2.75) is 38.6 Å². The third-order valence-electron chi connectivity index (χ3n) is 6.84. The molecule has 1 spiro atoms. The highest BCUT2D eigenvalue weighted by Crippen LogP contribution is 2.53. The van der Waals surface area contributed by atoms with E-state index < -0.39 is 17.2 Å². The fraction of sp³-hybridized carbons (Fsp3) is 0.414. The summed E-state index contributed by atoms with van der Waals surface area (Å²) < 4.78 is 5.64. The smallest absolute Gasteiger partial charge is 0.296 e. The number of nitrogens with zero attached hydrogens (tertiary/aromatic N) is 3. The first-order valence-electron chi connectivity index (χ1n) is 12.9. The highest BCUT2D eigenvalue weighted by atomic mass is 16.5. The molecule has 2 aromatic rings. The van der Waals surface area contributed by atoms with E-state index in [2.05, 4.69) is 0 Å². The van der Waals surface area contributed by atoms with Gasteiger partial charge in [-0.25, -0.2) is 0 Å². The molecule has 0 radical (unpaired) electrons. The topological polar surface area (TPSA) is 90.4 Å². The summed E-state index contributed by atoms with van der Waals surface area (Å²) in [4.78, 5) is 46.4. The highest BCUT2D eigenvalue weighted by Gasteiger charge is 2.66. The van der Waals surface area contributed by atoms with Gasteiger partial charge in [0.1, 0.15) is 11.5 Å². The van der Waals surface area contributed by atoms with Crippen LogP contribution in [0.3, 0.4) is 0 Å². The van der Waals surface area contributed by atoms with E-state index in [0.717, 1.165) is 6.42 Å². The summed E-state index contributed by atoms with van der Waals surface area (Å²) in [5, 5.41) is 11.6. The number of carbonyl (C=O) groups excluding carboxylic acids is 3. The zero-order valence-corrected chi connectivity index (χ0v) is 22.0. The Hall–Kier alpha value is -3.65. The van der Waals surface area contributed by atoms with E-state index in [1.807, 2.05) is 45.0 Å². The largest absolute Gasteiger partial charge is 0.507 e. The summed E-state index contributed by atoms with van der Waals surface area (Å²) in [6, 6.07) is 13.9. The van der Waals surface area contributed by atoms with Gasteiger partial charge in [-0.05, 0) is 70.2 Å². The van der Waals surface area contributed by atoms with Crippen LogP contribution in [0, 0.1) is 0 Å². The minimum atomic E-state index is -1.71. The SMILES string of the molecule is CCCOc1ccc(/C(O)=C2\C(=O)C(=O)N(CCCN(C)C)[C@@]23C(=O)N(CCC)c2ccccc23)cc1. The first kappa shape index (κ1) is 26.4. The molecule has 8 nitrogen and oxygen atoms in total. The molecule has 1 atom stereocenters. The molecule has 37 heavy (non-hydrogen) atoms. The van der Waals surface area contributed by atoms with Crippen LogP contribution in [0.15, 0.2) is 54.1 Å². The number of likely N-dealkylation sites (tertiary alicyclic amines) is 1. The maximum absolute atomic E-state index is 14.3. The molecule has 8 heteroatoms. The normalized spacial score (nSPS) is 20.4. The third kappa shape index (κ3) is 4.39. The van der Waals surface area contributed by atoms with Crippen LogP contribution in [0.5, 0.6) is 5.75 Å². The van der Waals surface area contributed by atoms with Gasteiger partial charge in [-0.15, -0.1) is 0 Å². The van der Waals surface area contributed by atoms with Crippen LogP contribution in [-0.4, -0.2) is 72.8 Å². The van der Waals surface area contributed by atoms with Crippen molar-refractivity contribution < 1.29 is 24.2 Å². The number of hydrogen-bond donors (Lipinski definition) is 1. The standard InChI is InChI=1S/C29H35N3O5/c1-5-16-31-23-11-8-7-10-22(23)29(28(31)36)24(26(34)27(35)32(29)18-9-17-30(3)4)25(33)20-12-14-21(15-13-20)37-19-6-2/h7-8,10-15,33H,5-6,9,16-19H2,1-4H3/b25-24-/t29-/m1/s1. The van der Waals surface area contributed by atoms with Crippen molar-refractivity contribution >= 4 is 29.0 Å². The molecule has 1 fully saturated rings. The number of aliphatic hydroxyl groups is 1. The van der Waals surface area contributed by atoms with Crippen LogP contribution in [0.4, 0.5) is 5.69 Å². The van der Waals surface area contributed by atoms with Crippen LogP contribution in [0.25, 0.3) is 5.76 Å². The highest BCUT2D eigenvalue weighted by molar-refractivity contribution is 6.50. The fourth-order valence-corrected chi connectivity index (χ4v) is 5.23. The molecular weight excluding hydrogens is 470 g/mol. The number of anilines is 1. The average molecular weight is 506 g/mol. The molecule has 2 aromatic carbocycles. The molecule has 196 valence electrons. The van der Waals surface area contributed by atoms with E-state index >= 15 is 0 Å². The van der Waals surface area contributed by atoms with E-state index in [1.54, 1.807) is 41.3 Å². The molecule has 4 rings (SSSR count). The number of rotatable bonds is 10. The van der Waals surface area contributed by atoms with Gasteiger partial charge in [-0.2, -0.15) is 0 Å². The van der Waals surface area contributed by atoms with Gasteiger partial charge in [0.2, 0.25) is 0 Å². The van der Waals surface area contributed by atoms with Crippen LogP contribution in [0.1, 0.15) is 44.2 Å². The number of aliphatic hydroxyl groups excluding tert-OH is 1. The van der Waals surface area contributed by atoms with Crippen molar-refractivity contribution in [3.8, 4) is 5.75 Å². The van der Waals surface area contributed by atoms with Crippen molar-refractivity contribution in [3.63, 3.8) is 0 Å². The van der Waals surface area contributed by atoms with Gasteiger partial charge in [0, 0.05) is 24.2 Å². The summed E-state index contributed by atoms with van der Waals surface area (Å²) in [6.07, 6.45) is 2.12. The van der Waals surface area contributed by atoms with Crippen LogP contribution < -0.4 is 9.64 Å². The summed E-state index contributed by atoms with van der Waals surface area (Å²) in [6.45, 7) is 5.84. The Bertz CT molecular complexity index is 1220. The molecular formula is C29H35N3O5. The first-order chi connectivity index (χ1) is 17.8. The number of para-hydroxylation sites is 1. The second-order valence-corrected chi connectivity index (χ2v) is 9.72. The number of hydrogen-bond acceptors (Lipinski definition) is 6. The van der Waals surface area contributed by atoms with E-state index in [0.29, 0.717) is 55.1 Å². The molecule has 1 saturated heterocycles. The van der Waals surface area contributed by atoms with Crippen LogP contribution in [-0.2, 0) is 19.9 Å². The van der Waals surface area contributed by atoms with E-state index in [-0.39, 0.29) is 23.8 Å². The lowest BCUT2D eigenvalue weighted by Gasteiger charge is -2.34. The first-order valence-corrected chi connectivity index (χ1v) is 12.9. The Morgan fingerprint density at radius 3 is 2.32 bits per heavy atom. The van der Waals surface area contributed by atoms with Crippen molar-refractivity contribution in [2.75, 3.05) is 45.2 Å². The Labute approximate surface area is 218 Å². The summed E-state index contributed by atoms with van der Waals surface area (Å²) in [5.41, 5.74) is -0.354. The molecule has 2 amide bonds. The second kappa shape index (κ2) is 10.8. The third-order valence-corrected chi connectivity index (χ3v) is 6.84. The van der Waals surface area contributed by atoms with Gasteiger partial charge in [-0.1, -0.05) is 32.0 Å². The van der Waals surface area contributed by atoms with Gasteiger partial charge in [0.15, 0.2) is 5.54 Å². The molecule has 0 saturated carbocycles. The molecule has 0 bridgehead atoms. The van der Waals surface area contributed by atoms with Crippen LogP contribution >= 0.6 is 0 Å². The van der Waals surface area contributed by atoms with Crippen LogP contribution in [0.2, 0.25) is 0 Å². The Balaban J connectivity index is 1.92. The fourth-order valence-electron chi connectivity index (χ4n) is 5.23. The molecule has 0 aromatic heterocycles. The number of fused-ring (bicyclic) bond motifs is 2. The second-order valence-electron chi connectivity index (χ2n) is 9.72. The number of Topliss-reactive ketones (excluding diaryl/α,β-unsaturated/α-hetero) is 1. The van der Waals surface area contributed by atoms with Crippen molar-refractivity contribution in [1.82, 2.24) is 9.80 Å². The lowest BCUT2D eigenvalue weighted by atomic mass is 9.82. The van der Waals surface area contributed by atoms with Gasteiger partial charge < -0.3 is 24.5 Å². The maximum atomic E-state index is 14.3. The Morgan fingerprint density at radius 1 is 0.973 bits per heavy atom. The Morgan fingerprint density at radius 2 is 1.68 bits per heavy atom. The lowest BCUT2D eigenvalue weighted by molar-refractivity contribution is -0.143. The number of benzene rings is 2. The van der Waals surface area contributed by atoms with E-state index in [1.165, 1.54) is 4.90 Å². The molecule has 2 aliphatic rings. The Kier molecular flexibility index (Phi) is 7.68. The number of carbonyl (C=O) groups is 3. The van der Waals surface area contributed by atoms with Gasteiger partial charge in [0.05, 0.1) is 17.9 Å². The lowest BCUT2D eigenvalue weighted by Crippen LogP contribution is -2.52. The van der Waals surface area contributed by atoms with Gasteiger partial charge in [0.25, 0.3) is 17.6 Å². The van der Waals surface area contributed by atoms with E-state index in [4.69, 9.17) is 4.74 Å². The number of amides is 2. The van der Waals surface area contributed by atoms with Gasteiger partial charge in [-0.3, -0.25) is 14.4 Å². The van der Waals surface area contributed by atoms with Crippen molar-refractivity contribution in [3.05, 3.63) is 65.2 Å². The van der Waals surface area contributed by atoms with Crippen molar-refractivity contribution in [1.29, 1.82) is 0 Å². The summed E-state index contributed by atoms with van der Waals surface area (Å²) >= 11 is 0. The number of ketones is 1. The predicted octanol–water partition coefficient (Wildman–Crippen LogP) is 3.76. The molecule has 0 unspecified atom stereocenters. The summed E-state index contributed by atoms with van der Waals surface area (Å²) in [7, 11) is 3.85. The maximum Gasteiger partial charge on any atom is 0.296 e. The van der Waals surface area contributed by atoms with E-state index in [9.17, 15) is 19.5 Å². The minimum absolute atomic E-state index is 0.180. The molecule has 2 heterocycles. The zero-order chi connectivity index (χ0) is 26.7.